The minimum Gasteiger partial charge on any atom is -0.324 e. The van der Waals surface area contributed by atoms with Crippen molar-refractivity contribution in [1.29, 1.82) is 0 Å². The molecule has 0 unspecified atom stereocenters. The van der Waals surface area contributed by atoms with Gasteiger partial charge >= 0.3 is 0 Å². The molecule has 1 saturated heterocycles. The maximum absolute atomic E-state index is 12.9. The summed E-state index contributed by atoms with van der Waals surface area (Å²) >= 11 is 5.95. The van der Waals surface area contributed by atoms with Crippen molar-refractivity contribution in [2.24, 2.45) is 0 Å². The van der Waals surface area contributed by atoms with Gasteiger partial charge in [0, 0.05) is 27.7 Å². The molecule has 6 nitrogen and oxygen atoms in total. The zero-order valence-corrected chi connectivity index (χ0v) is 14.2. The van der Waals surface area contributed by atoms with Crippen molar-refractivity contribution in [3.05, 3.63) is 74.8 Å². The number of anilines is 1. The number of nitrogens with one attached hydrogen (secondary N) is 1. The second kappa shape index (κ2) is 5.54. The number of carbonyl (C=O) groups is 1. The predicted molar refractivity (Wildman–Crippen MR) is 94.4 cm³/mol. The van der Waals surface area contributed by atoms with Gasteiger partial charge in [0.15, 0.2) is 5.54 Å². The van der Waals surface area contributed by atoms with Gasteiger partial charge < -0.3 is 5.32 Å². The Bertz CT molecular complexity index is 870. The van der Waals surface area contributed by atoms with Crippen molar-refractivity contribution in [2.75, 3.05) is 18.9 Å². The highest BCUT2D eigenvalue weighted by molar-refractivity contribution is 6.30. The number of para-hydroxylation sites is 1. The molecule has 0 bridgehead atoms. The standard InChI is InChI=1S/C18H16ClN3O3/c1-21-10-13(11-6-8-12(19)9-7-11)16(22(24)25)18(21)14-4-2-3-5-15(14)20-17(18)23/h2-9,13,16H,10H2,1H3,(H,20,23)/t13-,16-,18+/m1/s1. The lowest BCUT2D eigenvalue weighted by Crippen LogP contribution is -2.54. The molecule has 0 aromatic heterocycles. The topological polar surface area (TPSA) is 75.5 Å². The quantitative estimate of drug-likeness (QED) is 0.662. The van der Waals surface area contributed by atoms with Crippen LogP contribution in [-0.2, 0) is 10.3 Å². The normalized spacial score (nSPS) is 28.2. The molecule has 1 fully saturated rings. The van der Waals surface area contributed by atoms with Crippen LogP contribution >= 0.6 is 11.6 Å². The van der Waals surface area contributed by atoms with Crippen molar-refractivity contribution in [3.8, 4) is 0 Å². The molecular formula is C18H16ClN3O3. The first-order valence-electron chi connectivity index (χ1n) is 7.97. The molecule has 4 rings (SSSR count). The van der Waals surface area contributed by atoms with Crippen LogP contribution in [0.15, 0.2) is 48.5 Å². The van der Waals surface area contributed by atoms with Gasteiger partial charge in [-0.1, -0.05) is 41.9 Å². The minimum absolute atomic E-state index is 0.315. The summed E-state index contributed by atoms with van der Waals surface area (Å²) in [4.78, 5) is 26.5. The molecule has 2 aliphatic rings. The number of carbonyl (C=O) groups excluding carboxylic acids is 1. The first kappa shape index (κ1) is 16.1. The Morgan fingerprint density at radius 3 is 2.60 bits per heavy atom. The molecule has 7 heteroatoms. The number of hydrogen-bond donors (Lipinski definition) is 1. The molecule has 0 saturated carbocycles. The van der Waals surface area contributed by atoms with Gasteiger partial charge in [-0.25, -0.2) is 0 Å². The van der Waals surface area contributed by atoms with Gasteiger partial charge in [0.2, 0.25) is 0 Å². The number of likely N-dealkylation sites (N-methyl/N-ethyl adjacent to an activating group) is 1. The zero-order chi connectivity index (χ0) is 17.8. The Morgan fingerprint density at radius 1 is 1.24 bits per heavy atom. The van der Waals surface area contributed by atoms with Crippen LogP contribution in [0.1, 0.15) is 17.0 Å². The van der Waals surface area contributed by atoms with E-state index in [1.165, 1.54) is 0 Å². The summed E-state index contributed by atoms with van der Waals surface area (Å²) in [6, 6.07) is 13.2. The van der Waals surface area contributed by atoms with Crippen LogP contribution in [0, 0.1) is 10.1 Å². The van der Waals surface area contributed by atoms with Crippen LogP contribution in [-0.4, -0.2) is 35.4 Å². The summed E-state index contributed by atoms with van der Waals surface area (Å²) in [6.45, 7) is 0.412. The SMILES string of the molecule is CN1C[C@H](c2ccc(Cl)cc2)[C@@H]([N+](=O)[O-])[C@@]12C(=O)Nc1ccccc12. The maximum Gasteiger partial charge on any atom is 0.256 e. The van der Waals surface area contributed by atoms with Crippen LogP contribution in [0.3, 0.4) is 0 Å². The van der Waals surface area contributed by atoms with Crippen LogP contribution < -0.4 is 5.32 Å². The van der Waals surface area contributed by atoms with E-state index in [4.69, 9.17) is 11.6 Å². The van der Waals surface area contributed by atoms with Gasteiger partial charge in [0.25, 0.3) is 11.9 Å². The number of benzene rings is 2. The van der Waals surface area contributed by atoms with E-state index >= 15 is 0 Å². The Balaban J connectivity index is 1.90. The van der Waals surface area contributed by atoms with Crippen molar-refractivity contribution >= 4 is 23.2 Å². The number of nitro groups is 1. The molecule has 0 aliphatic carbocycles. The second-order valence-corrected chi connectivity index (χ2v) is 6.97. The molecule has 1 amide bonds. The smallest absolute Gasteiger partial charge is 0.256 e. The van der Waals surface area contributed by atoms with E-state index in [1.54, 1.807) is 54.4 Å². The number of likely N-dealkylation sites (tertiary alicyclic amines) is 1. The summed E-state index contributed by atoms with van der Waals surface area (Å²) in [5.74, 6) is -0.747. The van der Waals surface area contributed by atoms with E-state index < -0.39 is 17.5 Å². The van der Waals surface area contributed by atoms with Crippen LogP contribution in [0.25, 0.3) is 0 Å². The van der Waals surface area contributed by atoms with Gasteiger partial charge in [-0.15, -0.1) is 0 Å². The largest absolute Gasteiger partial charge is 0.324 e. The lowest BCUT2D eigenvalue weighted by atomic mass is 9.79. The van der Waals surface area contributed by atoms with Gasteiger partial charge in [0.05, 0.1) is 5.92 Å². The fourth-order valence-electron chi connectivity index (χ4n) is 4.29. The van der Waals surface area contributed by atoms with E-state index in [0.717, 1.165) is 5.56 Å². The maximum atomic E-state index is 12.9. The monoisotopic (exact) mass is 357 g/mol. The third-order valence-corrected chi connectivity index (χ3v) is 5.59. The number of rotatable bonds is 2. The summed E-state index contributed by atoms with van der Waals surface area (Å²) < 4.78 is 0. The predicted octanol–water partition coefficient (Wildman–Crippen LogP) is 2.86. The van der Waals surface area contributed by atoms with E-state index in [2.05, 4.69) is 5.32 Å². The van der Waals surface area contributed by atoms with E-state index in [-0.39, 0.29) is 10.8 Å². The Labute approximate surface area is 149 Å². The number of hydrogen-bond acceptors (Lipinski definition) is 4. The Hall–Kier alpha value is -2.44. The number of amides is 1. The average molecular weight is 358 g/mol. The van der Waals surface area contributed by atoms with E-state index in [1.807, 2.05) is 6.07 Å². The van der Waals surface area contributed by atoms with Crippen LogP contribution in [0.4, 0.5) is 5.69 Å². The van der Waals surface area contributed by atoms with Gasteiger partial charge in [-0.2, -0.15) is 0 Å². The summed E-state index contributed by atoms with van der Waals surface area (Å²) in [5.41, 5.74) is 0.820. The molecular weight excluding hydrogens is 342 g/mol. The molecule has 2 aromatic rings. The van der Waals surface area contributed by atoms with Crippen LogP contribution in [0.5, 0.6) is 0 Å². The molecule has 2 aliphatic heterocycles. The fourth-order valence-corrected chi connectivity index (χ4v) is 4.42. The Morgan fingerprint density at radius 2 is 1.92 bits per heavy atom. The molecule has 25 heavy (non-hydrogen) atoms. The summed E-state index contributed by atoms with van der Waals surface area (Å²) in [6.07, 6.45) is 0. The molecule has 0 radical (unpaired) electrons. The first-order chi connectivity index (χ1) is 12.0. The highest BCUT2D eigenvalue weighted by Crippen LogP contribution is 2.51. The summed E-state index contributed by atoms with van der Waals surface area (Å²) in [5, 5.41) is 15.5. The molecule has 1 N–H and O–H groups in total. The minimum atomic E-state index is -1.30. The van der Waals surface area contributed by atoms with Crippen LogP contribution in [0.2, 0.25) is 5.02 Å². The van der Waals surface area contributed by atoms with Crippen molar-refractivity contribution in [3.63, 3.8) is 0 Å². The lowest BCUT2D eigenvalue weighted by Gasteiger charge is -2.30. The molecule has 2 heterocycles. The van der Waals surface area contributed by atoms with Crippen molar-refractivity contribution < 1.29 is 9.72 Å². The summed E-state index contributed by atoms with van der Waals surface area (Å²) in [7, 11) is 1.77. The third-order valence-electron chi connectivity index (χ3n) is 5.34. The fraction of sp³-hybridized carbons (Fsp3) is 0.278. The molecule has 128 valence electrons. The molecule has 3 atom stereocenters. The lowest BCUT2D eigenvalue weighted by molar-refractivity contribution is -0.534. The molecule has 1 spiro atoms. The number of fused-ring (bicyclic) bond motifs is 2. The average Bonchev–Trinajstić information content (AvgIpc) is 3.05. The van der Waals surface area contributed by atoms with Crippen molar-refractivity contribution in [1.82, 2.24) is 4.90 Å². The zero-order valence-electron chi connectivity index (χ0n) is 13.5. The number of nitrogens with zero attached hydrogens (tertiary/aromatic N) is 2. The highest BCUT2D eigenvalue weighted by atomic mass is 35.5. The number of halogens is 1. The Kier molecular flexibility index (Phi) is 3.56. The van der Waals surface area contributed by atoms with E-state index in [0.29, 0.717) is 22.8 Å². The van der Waals surface area contributed by atoms with Gasteiger partial charge in [-0.3, -0.25) is 19.8 Å². The second-order valence-electron chi connectivity index (χ2n) is 6.53. The van der Waals surface area contributed by atoms with Gasteiger partial charge in [-0.05, 0) is 30.8 Å². The third kappa shape index (κ3) is 2.11. The van der Waals surface area contributed by atoms with Crippen molar-refractivity contribution in [2.45, 2.75) is 17.5 Å². The van der Waals surface area contributed by atoms with E-state index in [9.17, 15) is 14.9 Å². The first-order valence-corrected chi connectivity index (χ1v) is 8.35. The highest BCUT2D eigenvalue weighted by Gasteiger charge is 2.68. The molecule has 2 aromatic carbocycles. The van der Waals surface area contributed by atoms with Gasteiger partial charge in [0.1, 0.15) is 0 Å².